The fourth-order valence-electron chi connectivity index (χ4n) is 2.48. The molecule has 0 aliphatic carbocycles. The summed E-state index contributed by atoms with van der Waals surface area (Å²) in [5.41, 5.74) is 4.27. The van der Waals surface area contributed by atoms with Crippen LogP contribution in [0.25, 0.3) is 0 Å². The molecule has 2 rings (SSSR count). The monoisotopic (exact) mass is 235 g/mol. The van der Waals surface area contributed by atoms with Crippen LogP contribution in [0.15, 0.2) is 24.5 Å². The van der Waals surface area contributed by atoms with Gasteiger partial charge in [0.2, 0.25) is 0 Å². The van der Waals surface area contributed by atoms with Crippen LogP contribution in [0.1, 0.15) is 18.4 Å². The van der Waals surface area contributed by atoms with E-state index in [1.807, 2.05) is 19.4 Å². The molecule has 0 unspecified atom stereocenters. The average molecular weight is 235 g/mol. The summed E-state index contributed by atoms with van der Waals surface area (Å²) >= 11 is 0. The minimum Gasteiger partial charge on any atom is -0.306 e. The summed E-state index contributed by atoms with van der Waals surface area (Å²) in [5.74, 6) is 0. The Bertz CT molecular complexity index is 328. The number of aromatic nitrogens is 1. The molecule has 4 nitrogen and oxygen atoms in total. The van der Waals surface area contributed by atoms with Crippen molar-refractivity contribution in [3.05, 3.63) is 30.1 Å². The zero-order valence-corrected chi connectivity index (χ0v) is 10.6. The molecule has 94 valence electrons. The van der Waals surface area contributed by atoms with E-state index in [1.165, 1.54) is 5.56 Å². The topological polar surface area (TPSA) is 37.4 Å². The highest BCUT2D eigenvalue weighted by molar-refractivity contribution is 5.24. The Labute approximate surface area is 103 Å². The predicted molar refractivity (Wildman–Crippen MR) is 67.7 cm³/mol. The molecule has 1 aromatic rings. The van der Waals surface area contributed by atoms with Crippen LogP contribution < -0.4 is 5.48 Å². The van der Waals surface area contributed by atoms with Gasteiger partial charge in [-0.25, -0.2) is 5.48 Å². The Kier molecular flexibility index (Phi) is 4.10. The maximum absolute atomic E-state index is 5.48. The van der Waals surface area contributed by atoms with E-state index < -0.39 is 0 Å². The Balaban J connectivity index is 2.18. The molecule has 1 saturated heterocycles. The smallest absolute Gasteiger partial charge is 0.0779 e. The highest BCUT2D eigenvalue weighted by atomic mass is 16.6. The highest BCUT2D eigenvalue weighted by Crippen LogP contribution is 2.35. The first kappa shape index (κ1) is 12.5. The van der Waals surface area contributed by atoms with Crippen molar-refractivity contribution in [3.63, 3.8) is 0 Å². The largest absolute Gasteiger partial charge is 0.306 e. The van der Waals surface area contributed by atoms with Gasteiger partial charge in [-0.1, -0.05) is 0 Å². The second-order valence-electron chi connectivity index (χ2n) is 4.81. The molecule has 0 amide bonds. The molecule has 0 saturated carbocycles. The minimum absolute atomic E-state index is 0.137. The van der Waals surface area contributed by atoms with Crippen molar-refractivity contribution in [1.82, 2.24) is 15.4 Å². The van der Waals surface area contributed by atoms with Gasteiger partial charge in [0.1, 0.15) is 0 Å². The zero-order valence-electron chi connectivity index (χ0n) is 10.6. The SMILES string of the molecule is CNOCC1(c2ccncc2)CCN(C)CC1. The summed E-state index contributed by atoms with van der Waals surface area (Å²) in [5, 5.41) is 0. The van der Waals surface area contributed by atoms with Crippen molar-refractivity contribution in [2.24, 2.45) is 0 Å². The van der Waals surface area contributed by atoms with Crippen LogP contribution in [0.5, 0.6) is 0 Å². The molecule has 0 aromatic carbocycles. The van der Waals surface area contributed by atoms with Gasteiger partial charge in [-0.15, -0.1) is 0 Å². The second-order valence-corrected chi connectivity index (χ2v) is 4.81. The van der Waals surface area contributed by atoms with E-state index in [0.717, 1.165) is 32.5 Å². The standard InChI is InChI=1S/C13H21N3O/c1-14-17-11-13(5-9-16(2)10-6-13)12-3-7-15-8-4-12/h3-4,7-8,14H,5-6,9-11H2,1-2H3. The maximum Gasteiger partial charge on any atom is 0.0779 e. The van der Waals surface area contributed by atoms with Gasteiger partial charge >= 0.3 is 0 Å². The van der Waals surface area contributed by atoms with Gasteiger partial charge in [-0.2, -0.15) is 0 Å². The number of pyridine rings is 1. The summed E-state index contributed by atoms with van der Waals surface area (Å²) in [6.45, 7) is 2.96. The molecule has 0 atom stereocenters. The first-order chi connectivity index (χ1) is 8.27. The van der Waals surface area contributed by atoms with E-state index in [-0.39, 0.29) is 5.41 Å². The van der Waals surface area contributed by atoms with Crippen LogP contribution >= 0.6 is 0 Å². The molecule has 1 aliphatic rings. The Morgan fingerprint density at radius 1 is 1.35 bits per heavy atom. The molecule has 17 heavy (non-hydrogen) atoms. The van der Waals surface area contributed by atoms with Crippen molar-refractivity contribution in [1.29, 1.82) is 0 Å². The fraction of sp³-hybridized carbons (Fsp3) is 0.615. The normalized spacial score (nSPS) is 20.4. The average Bonchev–Trinajstić information content (AvgIpc) is 2.40. The molecule has 0 spiro atoms. The van der Waals surface area contributed by atoms with Gasteiger partial charge in [0.15, 0.2) is 0 Å². The van der Waals surface area contributed by atoms with Gasteiger partial charge in [0.25, 0.3) is 0 Å². The Morgan fingerprint density at radius 3 is 2.59 bits per heavy atom. The Morgan fingerprint density at radius 2 is 2.00 bits per heavy atom. The van der Waals surface area contributed by atoms with Crippen LogP contribution in [-0.4, -0.2) is 43.7 Å². The molecule has 4 heteroatoms. The van der Waals surface area contributed by atoms with Gasteiger partial charge in [-0.05, 0) is 50.7 Å². The van der Waals surface area contributed by atoms with Crippen LogP contribution in [0.3, 0.4) is 0 Å². The van der Waals surface area contributed by atoms with E-state index in [1.54, 1.807) is 0 Å². The van der Waals surface area contributed by atoms with E-state index in [9.17, 15) is 0 Å². The summed E-state index contributed by atoms with van der Waals surface area (Å²) in [6, 6.07) is 4.23. The maximum atomic E-state index is 5.48. The molecule has 1 N–H and O–H groups in total. The summed E-state index contributed by atoms with van der Waals surface area (Å²) in [6.07, 6.45) is 6.01. The van der Waals surface area contributed by atoms with Crippen LogP contribution in [-0.2, 0) is 10.3 Å². The number of hydrogen-bond acceptors (Lipinski definition) is 4. The third kappa shape index (κ3) is 2.83. The summed E-state index contributed by atoms with van der Waals surface area (Å²) < 4.78 is 0. The second kappa shape index (κ2) is 5.58. The number of hydrogen-bond donors (Lipinski definition) is 1. The molecular weight excluding hydrogens is 214 g/mol. The van der Waals surface area contributed by atoms with E-state index in [2.05, 4.69) is 34.5 Å². The lowest BCUT2D eigenvalue weighted by molar-refractivity contribution is -0.000209. The van der Waals surface area contributed by atoms with E-state index >= 15 is 0 Å². The lowest BCUT2D eigenvalue weighted by atomic mass is 9.74. The quantitative estimate of drug-likeness (QED) is 0.796. The van der Waals surface area contributed by atoms with Crippen molar-refractivity contribution >= 4 is 0 Å². The number of piperidine rings is 1. The van der Waals surface area contributed by atoms with E-state index in [0.29, 0.717) is 0 Å². The van der Waals surface area contributed by atoms with E-state index in [4.69, 9.17) is 4.84 Å². The first-order valence-electron chi connectivity index (χ1n) is 6.14. The number of nitrogens with zero attached hydrogens (tertiary/aromatic N) is 2. The van der Waals surface area contributed by atoms with Crippen LogP contribution in [0.2, 0.25) is 0 Å². The molecule has 2 heterocycles. The first-order valence-corrected chi connectivity index (χ1v) is 6.14. The summed E-state index contributed by atoms with van der Waals surface area (Å²) in [7, 11) is 3.99. The minimum atomic E-state index is 0.137. The van der Waals surface area contributed by atoms with Gasteiger partial charge < -0.3 is 9.74 Å². The van der Waals surface area contributed by atoms with Crippen molar-refractivity contribution < 1.29 is 4.84 Å². The number of hydroxylamine groups is 1. The van der Waals surface area contributed by atoms with Crippen molar-refractivity contribution in [3.8, 4) is 0 Å². The van der Waals surface area contributed by atoms with Crippen molar-refractivity contribution in [2.75, 3.05) is 33.8 Å². The number of nitrogens with one attached hydrogen (secondary N) is 1. The van der Waals surface area contributed by atoms with Gasteiger partial charge in [-0.3, -0.25) is 4.98 Å². The number of rotatable bonds is 4. The molecule has 1 aliphatic heterocycles. The third-order valence-electron chi connectivity index (χ3n) is 3.73. The van der Waals surface area contributed by atoms with Gasteiger partial charge in [0, 0.05) is 24.9 Å². The molecular formula is C13H21N3O. The van der Waals surface area contributed by atoms with Crippen LogP contribution in [0.4, 0.5) is 0 Å². The fourth-order valence-corrected chi connectivity index (χ4v) is 2.48. The zero-order chi connectivity index (χ0) is 12.1. The molecule has 1 fully saturated rings. The molecule has 0 bridgehead atoms. The van der Waals surface area contributed by atoms with Gasteiger partial charge in [0.05, 0.1) is 6.61 Å². The lowest BCUT2D eigenvalue weighted by Gasteiger charge is -2.40. The molecule has 1 aromatic heterocycles. The summed E-state index contributed by atoms with van der Waals surface area (Å²) in [4.78, 5) is 12.0. The highest BCUT2D eigenvalue weighted by Gasteiger charge is 2.35. The van der Waals surface area contributed by atoms with Crippen molar-refractivity contribution in [2.45, 2.75) is 18.3 Å². The lowest BCUT2D eigenvalue weighted by Crippen LogP contribution is -2.44. The molecule has 0 radical (unpaired) electrons. The third-order valence-corrected chi connectivity index (χ3v) is 3.73. The predicted octanol–water partition coefficient (Wildman–Crippen LogP) is 1.20. The van der Waals surface area contributed by atoms with Crippen LogP contribution in [0, 0.1) is 0 Å². The Hall–Kier alpha value is -0.970. The number of likely N-dealkylation sites (tertiary alicyclic amines) is 1.